The predicted octanol–water partition coefficient (Wildman–Crippen LogP) is 4.05. The molecule has 1 N–H and O–H groups in total. The number of benzene rings is 1. The van der Waals surface area contributed by atoms with Gasteiger partial charge in [-0.05, 0) is 25.0 Å². The third kappa shape index (κ3) is 1.44. The first kappa shape index (κ1) is 10.2. The van der Waals surface area contributed by atoms with Gasteiger partial charge in [-0.1, -0.05) is 37.4 Å². The van der Waals surface area contributed by atoms with E-state index in [1.807, 2.05) is 18.2 Å². The van der Waals surface area contributed by atoms with Crippen LogP contribution in [0, 0.1) is 0 Å². The van der Waals surface area contributed by atoms with E-state index in [4.69, 9.17) is 11.6 Å². The first-order valence-corrected chi connectivity index (χ1v) is 6.22. The average Bonchev–Trinajstić information content (AvgIpc) is 2.85. The topological polar surface area (TPSA) is 28.7 Å². The van der Waals surface area contributed by atoms with E-state index in [-0.39, 0.29) is 5.41 Å². The molecule has 1 aliphatic carbocycles. The SMILES string of the molecule is CC1(c2nc3c(Cl)cccc3[nH]2)CCCC1. The number of rotatable bonds is 1. The molecule has 0 atom stereocenters. The Balaban J connectivity index is 2.15. The minimum Gasteiger partial charge on any atom is -0.341 e. The molecule has 2 aromatic rings. The highest BCUT2D eigenvalue weighted by Gasteiger charge is 2.33. The molecule has 0 radical (unpaired) electrons. The zero-order valence-corrected chi connectivity index (χ0v) is 10.1. The van der Waals surface area contributed by atoms with E-state index in [0.29, 0.717) is 0 Å². The molecule has 16 heavy (non-hydrogen) atoms. The molecule has 1 heterocycles. The maximum atomic E-state index is 6.14. The van der Waals surface area contributed by atoms with Gasteiger partial charge in [-0.15, -0.1) is 0 Å². The van der Waals surface area contributed by atoms with E-state index < -0.39 is 0 Å². The quantitative estimate of drug-likeness (QED) is 0.793. The molecule has 1 saturated carbocycles. The Labute approximate surface area is 100 Å². The normalized spacial score (nSPS) is 19.4. The second-order valence-electron chi connectivity index (χ2n) is 4.99. The van der Waals surface area contributed by atoms with Gasteiger partial charge in [0.1, 0.15) is 11.3 Å². The maximum absolute atomic E-state index is 6.14. The van der Waals surface area contributed by atoms with Crippen molar-refractivity contribution in [1.29, 1.82) is 0 Å². The van der Waals surface area contributed by atoms with Gasteiger partial charge in [0.2, 0.25) is 0 Å². The summed E-state index contributed by atoms with van der Waals surface area (Å²) < 4.78 is 0. The van der Waals surface area contributed by atoms with Gasteiger partial charge in [-0.3, -0.25) is 0 Å². The number of H-pyrrole nitrogens is 1. The minimum atomic E-state index is 0.225. The van der Waals surface area contributed by atoms with E-state index in [2.05, 4.69) is 16.9 Å². The van der Waals surface area contributed by atoms with Gasteiger partial charge >= 0.3 is 0 Å². The first-order chi connectivity index (χ1) is 7.69. The smallest absolute Gasteiger partial charge is 0.113 e. The minimum absolute atomic E-state index is 0.225. The monoisotopic (exact) mass is 234 g/mol. The van der Waals surface area contributed by atoms with Crippen molar-refractivity contribution in [3.8, 4) is 0 Å². The maximum Gasteiger partial charge on any atom is 0.113 e. The van der Waals surface area contributed by atoms with Crippen LogP contribution in [0.1, 0.15) is 38.4 Å². The van der Waals surface area contributed by atoms with E-state index in [1.54, 1.807) is 0 Å². The summed E-state index contributed by atoms with van der Waals surface area (Å²) >= 11 is 6.14. The van der Waals surface area contributed by atoms with E-state index >= 15 is 0 Å². The lowest BCUT2D eigenvalue weighted by molar-refractivity contribution is 0.465. The van der Waals surface area contributed by atoms with E-state index in [1.165, 1.54) is 25.7 Å². The Hall–Kier alpha value is -1.02. The summed E-state index contributed by atoms with van der Waals surface area (Å²) in [6.45, 7) is 2.30. The Bertz CT molecular complexity index is 524. The van der Waals surface area contributed by atoms with Crippen molar-refractivity contribution >= 4 is 22.6 Å². The molecule has 1 aromatic carbocycles. The summed E-state index contributed by atoms with van der Waals surface area (Å²) in [7, 11) is 0. The van der Waals surface area contributed by atoms with E-state index in [9.17, 15) is 0 Å². The Morgan fingerprint density at radius 1 is 1.31 bits per heavy atom. The lowest BCUT2D eigenvalue weighted by atomic mass is 9.88. The van der Waals surface area contributed by atoms with Crippen molar-refractivity contribution in [2.75, 3.05) is 0 Å². The standard InChI is InChI=1S/C13H15ClN2/c1-13(7-2-3-8-13)12-15-10-6-4-5-9(14)11(10)16-12/h4-6H,2-3,7-8H2,1H3,(H,15,16). The second-order valence-corrected chi connectivity index (χ2v) is 5.40. The molecule has 0 bridgehead atoms. The number of hydrogen-bond acceptors (Lipinski definition) is 1. The van der Waals surface area contributed by atoms with Gasteiger partial charge in [-0.25, -0.2) is 4.98 Å². The average molecular weight is 235 g/mol. The van der Waals surface area contributed by atoms with Gasteiger partial charge in [-0.2, -0.15) is 0 Å². The lowest BCUT2D eigenvalue weighted by Crippen LogP contribution is -2.18. The molecule has 84 valence electrons. The predicted molar refractivity (Wildman–Crippen MR) is 66.9 cm³/mol. The Morgan fingerprint density at radius 3 is 2.75 bits per heavy atom. The van der Waals surface area contributed by atoms with Crippen molar-refractivity contribution in [3.63, 3.8) is 0 Å². The molecule has 1 fully saturated rings. The first-order valence-electron chi connectivity index (χ1n) is 5.84. The number of halogens is 1. The summed E-state index contributed by atoms with van der Waals surface area (Å²) in [5.74, 6) is 1.10. The van der Waals surface area contributed by atoms with Crippen LogP contribution in [0.2, 0.25) is 5.02 Å². The number of hydrogen-bond donors (Lipinski definition) is 1. The summed E-state index contributed by atoms with van der Waals surface area (Å²) in [6.07, 6.45) is 5.07. The number of aromatic amines is 1. The van der Waals surface area contributed by atoms with Crippen molar-refractivity contribution in [2.24, 2.45) is 0 Å². The molecule has 1 aromatic heterocycles. The van der Waals surface area contributed by atoms with Crippen molar-refractivity contribution in [2.45, 2.75) is 38.0 Å². The zero-order valence-electron chi connectivity index (χ0n) is 9.39. The van der Waals surface area contributed by atoms with Gasteiger partial charge in [0.05, 0.1) is 10.5 Å². The molecule has 0 saturated heterocycles. The van der Waals surface area contributed by atoms with Crippen LogP contribution in [0.25, 0.3) is 11.0 Å². The second kappa shape index (κ2) is 3.49. The summed E-state index contributed by atoms with van der Waals surface area (Å²) in [5, 5.41) is 0.738. The number of nitrogens with zero attached hydrogens (tertiary/aromatic N) is 1. The largest absolute Gasteiger partial charge is 0.341 e. The number of nitrogens with one attached hydrogen (secondary N) is 1. The zero-order chi connectivity index (χ0) is 11.2. The van der Waals surface area contributed by atoms with Crippen LogP contribution in [-0.2, 0) is 5.41 Å². The fraction of sp³-hybridized carbons (Fsp3) is 0.462. The lowest BCUT2D eigenvalue weighted by Gasteiger charge is -2.19. The third-order valence-corrected chi connectivity index (χ3v) is 4.05. The number of para-hydroxylation sites is 1. The van der Waals surface area contributed by atoms with Crippen LogP contribution in [0.5, 0.6) is 0 Å². The molecule has 3 rings (SSSR count). The Kier molecular flexibility index (Phi) is 2.21. The fourth-order valence-electron chi connectivity index (χ4n) is 2.68. The van der Waals surface area contributed by atoms with Gasteiger partial charge in [0.15, 0.2) is 0 Å². The summed E-state index contributed by atoms with van der Waals surface area (Å²) in [6, 6.07) is 5.89. The highest BCUT2D eigenvalue weighted by Crippen LogP contribution is 2.40. The third-order valence-electron chi connectivity index (χ3n) is 3.74. The number of fused-ring (bicyclic) bond motifs is 1. The van der Waals surface area contributed by atoms with Crippen LogP contribution in [0.15, 0.2) is 18.2 Å². The highest BCUT2D eigenvalue weighted by atomic mass is 35.5. The Morgan fingerprint density at radius 2 is 2.06 bits per heavy atom. The molecule has 0 spiro atoms. The van der Waals surface area contributed by atoms with Crippen molar-refractivity contribution < 1.29 is 0 Å². The summed E-state index contributed by atoms with van der Waals surface area (Å²) in [4.78, 5) is 8.10. The molecule has 0 amide bonds. The number of imidazole rings is 1. The summed E-state index contributed by atoms with van der Waals surface area (Å²) in [5.41, 5.74) is 2.19. The molecular formula is C13H15ClN2. The molecular weight excluding hydrogens is 220 g/mol. The van der Waals surface area contributed by atoms with Gasteiger partial charge in [0.25, 0.3) is 0 Å². The molecule has 2 nitrogen and oxygen atoms in total. The van der Waals surface area contributed by atoms with Crippen LogP contribution in [-0.4, -0.2) is 9.97 Å². The van der Waals surface area contributed by atoms with Gasteiger partial charge in [0, 0.05) is 5.41 Å². The van der Waals surface area contributed by atoms with Crippen molar-refractivity contribution in [1.82, 2.24) is 9.97 Å². The number of aromatic nitrogens is 2. The van der Waals surface area contributed by atoms with E-state index in [0.717, 1.165) is 21.9 Å². The van der Waals surface area contributed by atoms with Crippen LogP contribution in [0.4, 0.5) is 0 Å². The van der Waals surface area contributed by atoms with Gasteiger partial charge < -0.3 is 4.98 Å². The molecule has 0 aliphatic heterocycles. The van der Waals surface area contributed by atoms with Crippen LogP contribution >= 0.6 is 11.6 Å². The molecule has 0 unspecified atom stereocenters. The van der Waals surface area contributed by atoms with Crippen LogP contribution in [0.3, 0.4) is 0 Å². The van der Waals surface area contributed by atoms with Crippen molar-refractivity contribution in [3.05, 3.63) is 29.0 Å². The fourth-order valence-corrected chi connectivity index (χ4v) is 2.89. The van der Waals surface area contributed by atoms with Crippen LogP contribution < -0.4 is 0 Å². The molecule has 1 aliphatic rings. The highest BCUT2D eigenvalue weighted by molar-refractivity contribution is 6.34. The molecule has 3 heteroatoms.